The fourth-order valence-electron chi connectivity index (χ4n) is 3.61. The molecular formula is C24H32O3S. The van der Waals surface area contributed by atoms with Crippen LogP contribution in [-0.4, -0.2) is 30.0 Å². The SMILES string of the molecule is CCS[C@@H]1OC(COCc2ccccc2)[C@@H](C)[C@H](C)C1OCc1ccccc1. The first-order valence-corrected chi connectivity index (χ1v) is 11.3. The van der Waals surface area contributed by atoms with Crippen LogP contribution in [0.25, 0.3) is 0 Å². The molecule has 0 aromatic heterocycles. The molecule has 1 aliphatic rings. The van der Waals surface area contributed by atoms with Gasteiger partial charge in [-0.05, 0) is 28.7 Å². The molecule has 0 spiro atoms. The van der Waals surface area contributed by atoms with E-state index in [4.69, 9.17) is 14.2 Å². The number of rotatable bonds is 9. The van der Waals surface area contributed by atoms with Gasteiger partial charge < -0.3 is 14.2 Å². The van der Waals surface area contributed by atoms with E-state index in [0.717, 1.165) is 5.75 Å². The first-order valence-electron chi connectivity index (χ1n) is 10.2. The average Bonchev–Trinajstić information content (AvgIpc) is 2.73. The third-order valence-corrected chi connectivity index (χ3v) is 6.56. The minimum Gasteiger partial charge on any atom is -0.374 e. The third kappa shape index (κ3) is 5.84. The second-order valence-electron chi connectivity index (χ2n) is 7.48. The van der Waals surface area contributed by atoms with Crippen LogP contribution in [-0.2, 0) is 27.4 Å². The second kappa shape index (κ2) is 11.0. The summed E-state index contributed by atoms with van der Waals surface area (Å²) < 4.78 is 18.8. The lowest BCUT2D eigenvalue weighted by Gasteiger charge is -2.44. The van der Waals surface area contributed by atoms with Gasteiger partial charge in [-0.3, -0.25) is 0 Å². The van der Waals surface area contributed by atoms with E-state index >= 15 is 0 Å². The minimum atomic E-state index is 0.0465. The van der Waals surface area contributed by atoms with E-state index < -0.39 is 0 Å². The van der Waals surface area contributed by atoms with Crippen molar-refractivity contribution in [3.63, 3.8) is 0 Å². The molecule has 4 heteroatoms. The molecule has 0 radical (unpaired) electrons. The number of hydrogen-bond acceptors (Lipinski definition) is 4. The van der Waals surface area contributed by atoms with Crippen LogP contribution in [0.2, 0.25) is 0 Å². The van der Waals surface area contributed by atoms with E-state index in [1.165, 1.54) is 11.1 Å². The lowest BCUT2D eigenvalue weighted by molar-refractivity contribution is -0.174. The number of hydrogen-bond donors (Lipinski definition) is 0. The monoisotopic (exact) mass is 400 g/mol. The van der Waals surface area contributed by atoms with E-state index in [2.05, 4.69) is 57.2 Å². The van der Waals surface area contributed by atoms with Crippen molar-refractivity contribution < 1.29 is 14.2 Å². The maximum atomic E-state index is 6.46. The Morgan fingerprint density at radius 1 is 0.857 bits per heavy atom. The highest BCUT2D eigenvalue weighted by Crippen LogP contribution is 2.37. The molecule has 3 nitrogen and oxygen atoms in total. The molecule has 0 amide bonds. The minimum absolute atomic E-state index is 0.0465. The number of benzene rings is 2. The molecule has 1 aliphatic heterocycles. The summed E-state index contributed by atoms with van der Waals surface area (Å²) in [6, 6.07) is 20.7. The van der Waals surface area contributed by atoms with Gasteiger partial charge in [0.1, 0.15) is 5.44 Å². The van der Waals surface area contributed by atoms with E-state index in [1.807, 2.05) is 36.0 Å². The number of thioether (sulfide) groups is 1. The summed E-state index contributed by atoms with van der Waals surface area (Å²) in [5.74, 6) is 1.80. The molecule has 28 heavy (non-hydrogen) atoms. The molecule has 2 aromatic rings. The summed E-state index contributed by atoms with van der Waals surface area (Å²) in [6.45, 7) is 8.59. The van der Waals surface area contributed by atoms with Crippen molar-refractivity contribution in [3.05, 3.63) is 71.8 Å². The fourth-order valence-corrected chi connectivity index (χ4v) is 4.68. The lowest BCUT2D eigenvalue weighted by atomic mass is 9.84. The van der Waals surface area contributed by atoms with Crippen molar-refractivity contribution in [1.29, 1.82) is 0 Å². The van der Waals surface area contributed by atoms with Gasteiger partial charge in [0.25, 0.3) is 0 Å². The molecule has 0 aliphatic carbocycles. The first kappa shape index (κ1) is 21.4. The zero-order chi connectivity index (χ0) is 19.8. The third-order valence-electron chi connectivity index (χ3n) is 5.52. The topological polar surface area (TPSA) is 27.7 Å². The Hall–Kier alpha value is -1.33. The highest BCUT2D eigenvalue weighted by atomic mass is 32.2. The standard InChI is InChI=1S/C24H32O3S/c1-4-28-24-23(26-16-21-13-9-6-10-14-21)19(3)18(2)22(27-24)17-25-15-20-11-7-5-8-12-20/h5-14,18-19,22-24H,4,15-17H2,1-3H3/t18-,19-,22?,23?,24-/m0/s1. The Morgan fingerprint density at radius 3 is 2.07 bits per heavy atom. The van der Waals surface area contributed by atoms with Crippen molar-refractivity contribution in [3.8, 4) is 0 Å². The van der Waals surface area contributed by atoms with Crippen LogP contribution in [0.4, 0.5) is 0 Å². The van der Waals surface area contributed by atoms with Crippen molar-refractivity contribution >= 4 is 11.8 Å². The van der Waals surface area contributed by atoms with Crippen LogP contribution in [0.5, 0.6) is 0 Å². The molecule has 5 atom stereocenters. The summed E-state index contributed by atoms with van der Waals surface area (Å²) >= 11 is 1.83. The predicted octanol–water partition coefficient (Wildman–Crippen LogP) is 5.54. The normalized spacial score (nSPS) is 27.6. The summed E-state index contributed by atoms with van der Waals surface area (Å²) in [7, 11) is 0. The predicted molar refractivity (Wildman–Crippen MR) is 116 cm³/mol. The fraction of sp³-hybridized carbons (Fsp3) is 0.500. The lowest BCUT2D eigenvalue weighted by Crippen LogP contribution is -2.50. The van der Waals surface area contributed by atoms with Gasteiger partial charge in [0.05, 0.1) is 32.0 Å². The Bertz CT molecular complexity index is 677. The van der Waals surface area contributed by atoms with Crippen LogP contribution < -0.4 is 0 Å². The van der Waals surface area contributed by atoms with E-state index in [0.29, 0.717) is 31.7 Å². The zero-order valence-electron chi connectivity index (χ0n) is 17.1. The quantitative estimate of drug-likeness (QED) is 0.552. The molecule has 0 N–H and O–H groups in total. The van der Waals surface area contributed by atoms with Gasteiger partial charge >= 0.3 is 0 Å². The van der Waals surface area contributed by atoms with E-state index in [-0.39, 0.29) is 17.6 Å². The summed E-state index contributed by atoms with van der Waals surface area (Å²) in [6.07, 6.45) is 0.185. The molecule has 0 bridgehead atoms. The van der Waals surface area contributed by atoms with Gasteiger partial charge in [0.2, 0.25) is 0 Å². The van der Waals surface area contributed by atoms with E-state index in [9.17, 15) is 0 Å². The van der Waals surface area contributed by atoms with E-state index in [1.54, 1.807) is 0 Å². The molecule has 2 unspecified atom stereocenters. The number of ether oxygens (including phenoxy) is 3. The van der Waals surface area contributed by atoms with Gasteiger partial charge in [0, 0.05) is 0 Å². The van der Waals surface area contributed by atoms with Gasteiger partial charge in [-0.1, -0.05) is 81.4 Å². The summed E-state index contributed by atoms with van der Waals surface area (Å²) in [4.78, 5) is 0. The van der Waals surface area contributed by atoms with Gasteiger partial charge in [-0.25, -0.2) is 0 Å². The highest BCUT2D eigenvalue weighted by molar-refractivity contribution is 7.99. The van der Waals surface area contributed by atoms with Crippen LogP contribution in [0, 0.1) is 11.8 Å². The summed E-state index contributed by atoms with van der Waals surface area (Å²) in [5, 5.41) is 0. The van der Waals surface area contributed by atoms with Crippen molar-refractivity contribution in [2.45, 2.75) is 51.6 Å². The van der Waals surface area contributed by atoms with Gasteiger partial charge in [0.15, 0.2) is 0 Å². The molecule has 1 fully saturated rings. The molecule has 1 heterocycles. The molecule has 1 saturated heterocycles. The van der Waals surface area contributed by atoms with Crippen LogP contribution >= 0.6 is 11.8 Å². The molecule has 3 rings (SSSR count). The maximum Gasteiger partial charge on any atom is 0.130 e. The zero-order valence-corrected chi connectivity index (χ0v) is 17.9. The second-order valence-corrected chi connectivity index (χ2v) is 8.85. The Labute approximate surface area is 173 Å². The first-order chi connectivity index (χ1) is 13.7. The summed E-state index contributed by atoms with van der Waals surface area (Å²) in [5.41, 5.74) is 2.45. The Balaban J connectivity index is 1.57. The van der Waals surface area contributed by atoms with Crippen LogP contribution in [0.15, 0.2) is 60.7 Å². The van der Waals surface area contributed by atoms with Crippen LogP contribution in [0.3, 0.4) is 0 Å². The molecular weight excluding hydrogens is 368 g/mol. The Morgan fingerprint density at radius 2 is 1.46 bits per heavy atom. The van der Waals surface area contributed by atoms with Gasteiger partial charge in [-0.15, -0.1) is 11.8 Å². The van der Waals surface area contributed by atoms with Crippen LogP contribution in [0.1, 0.15) is 31.9 Å². The van der Waals surface area contributed by atoms with Gasteiger partial charge in [-0.2, -0.15) is 0 Å². The molecule has 2 aromatic carbocycles. The average molecular weight is 401 g/mol. The highest BCUT2D eigenvalue weighted by Gasteiger charge is 2.42. The smallest absolute Gasteiger partial charge is 0.130 e. The largest absolute Gasteiger partial charge is 0.374 e. The van der Waals surface area contributed by atoms with Crippen molar-refractivity contribution in [1.82, 2.24) is 0 Å². The maximum absolute atomic E-state index is 6.46. The molecule has 0 saturated carbocycles. The molecule has 152 valence electrons. The van der Waals surface area contributed by atoms with Crippen molar-refractivity contribution in [2.24, 2.45) is 11.8 Å². The Kier molecular flexibility index (Phi) is 8.41. The van der Waals surface area contributed by atoms with Crippen molar-refractivity contribution in [2.75, 3.05) is 12.4 Å².